The third-order valence-electron chi connectivity index (χ3n) is 2.59. The number of hydrogen-bond donors (Lipinski definition) is 1. The molecule has 1 aromatic heterocycles. The maximum absolute atomic E-state index is 13.0. The maximum Gasteiger partial charge on any atom is 0.449 e. The lowest BCUT2D eigenvalue weighted by Gasteiger charge is -2.14. The van der Waals surface area contributed by atoms with E-state index in [1.165, 1.54) is 17.1 Å². The van der Waals surface area contributed by atoms with Gasteiger partial charge in [0.2, 0.25) is 5.82 Å². The van der Waals surface area contributed by atoms with Crippen LogP contribution in [0, 0.1) is 0 Å². The van der Waals surface area contributed by atoms with Crippen molar-refractivity contribution in [3.05, 3.63) is 51.2 Å². The topological polar surface area (TPSA) is 45.8 Å². The van der Waals surface area contributed by atoms with E-state index in [4.69, 9.17) is 11.6 Å². The Morgan fingerprint density at radius 3 is 1.95 bits per heavy atom. The van der Waals surface area contributed by atoms with E-state index in [0.717, 1.165) is 12.1 Å². The van der Waals surface area contributed by atoms with Crippen molar-refractivity contribution in [3.63, 3.8) is 0 Å². The summed E-state index contributed by atoms with van der Waals surface area (Å²) in [5, 5.41) is 0.189. The summed E-state index contributed by atoms with van der Waals surface area (Å²) >= 11 is 5.58. The predicted octanol–water partition coefficient (Wildman–Crippen LogP) is 4.13. The fourth-order valence-corrected chi connectivity index (χ4v) is 1.82. The average molecular weight is 343 g/mol. The Balaban J connectivity index is 2.78. The second-order valence-electron chi connectivity index (χ2n) is 4.14. The number of H-pyrrole nitrogens is 1. The molecule has 0 atom stereocenters. The lowest BCUT2D eigenvalue weighted by atomic mass is 10.1. The first-order valence-corrected chi connectivity index (χ1v) is 5.92. The summed E-state index contributed by atoms with van der Waals surface area (Å²) < 4.78 is 76.4. The minimum Gasteiger partial charge on any atom is -0.302 e. The maximum atomic E-state index is 13.0. The van der Waals surface area contributed by atoms with Crippen molar-refractivity contribution in [1.82, 2.24) is 9.97 Å². The highest BCUT2D eigenvalue weighted by Gasteiger charge is 2.42. The van der Waals surface area contributed by atoms with E-state index in [1.54, 1.807) is 0 Å². The van der Waals surface area contributed by atoms with E-state index < -0.39 is 35.0 Å². The molecular formula is C12H5ClF6N2O. The third-order valence-corrected chi connectivity index (χ3v) is 2.84. The molecule has 118 valence electrons. The highest BCUT2D eigenvalue weighted by atomic mass is 35.5. The standard InChI is InChI=1S/C12H5ClF6N2O/c13-6-3-1-5(2-4-6)7-8(11(14,15)16)20-10(12(17,18)19)21-9(7)22/h1-4H,(H,20,21,22). The summed E-state index contributed by atoms with van der Waals surface area (Å²) in [5.74, 6) is -2.01. The molecule has 0 aliphatic carbocycles. The Bertz CT molecular complexity index is 748. The van der Waals surface area contributed by atoms with Gasteiger partial charge in [0.05, 0.1) is 5.56 Å². The second-order valence-corrected chi connectivity index (χ2v) is 4.58. The predicted molar refractivity (Wildman–Crippen MR) is 65.3 cm³/mol. The number of halogens is 7. The minimum atomic E-state index is -5.23. The van der Waals surface area contributed by atoms with Crippen molar-refractivity contribution >= 4 is 11.6 Å². The minimum absolute atomic E-state index is 0.189. The van der Waals surface area contributed by atoms with Gasteiger partial charge in [-0.15, -0.1) is 0 Å². The summed E-state index contributed by atoms with van der Waals surface area (Å²) in [6.07, 6.45) is -10.4. The Morgan fingerprint density at radius 2 is 1.50 bits per heavy atom. The van der Waals surface area contributed by atoms with E-state index in [2.05, 4.69) is 4.98 Å². The summed E-state index contributed by atoms with van der Waals surface area (Å²) in [5.41, 5.74) is -4.71. The summed E-state index contributed by atoms with van der Waals surface area (Å²) in [6, 6.07) is 4.57. The molecule has 1 heterocycles. The zero-order chi connectivity index (χ0) is 16.7. The normalized spacial score (nSPS) is 12.5. The van der Waals surface area contributed by atoms with Crippen LogP contribution >= 0.6 is 11.6 Å². The molecule has 0 aliphatic rings. The van der Waals surface area contributed by atoms with Crippen LogP contribution in [0.25, 0.3) is 11.1 Å². The van der Waals surface area contributed by atoms with Crippen molar-refractivity contribution in [3.8, 4) is 11.1 Å². The highest BCUT2D eigenvalue weighted by molar-refractivity contribution is 6.30. The van der Waals surface area contributed by atoms with Crippen molar-refractivity contribution in [1.29, 1.82) is 0 Å². The zero-order valence-electron chi connectivity index (χ0n) is 10.3. The van der Waals surface area contributed by atoms with Crippen molar-refractivity contribution in [2.45, 2.75) is 12.4 Å². The first kappa shape index (κ1) is 16.3. The Labute approximate surface area is 123 Å². The van der Waals surface area contributed by atoms with Gasteiger partial charge in [-0.25, -0.2) is 4.98 Å². The number of rotatable bonds is 1. The van der Waals surface area contributed by atoms with Gasteiger partial charge in [0.1, 0.15) is 0 Å². The van der Waals surface area contributed by atoms with Crippen LogP contribution in [0.1, 0.15) is 11.5 Å². The second kappa shape index (κ2) is 5.31. The average Bonchev–Trinajstić information content (AvgIpc) is 2.37. The van der Waals surface area contributed by atoms with Crippen LogP contribution in [-0.2, 0) is 12.4 Å². The number of nitrogens with zero attached hydrogens (tertiary/aromatic N) is 1. The SMILES string of the molecule is O=c1[nH]c(C(F)(F)F)nc(C(F)(F)F)c1-c1ccc(Cl)cc1. The molecule has 0 saturated heterocycles. The molecule has 0 unspecified atom stereocenters. The Kier molecular flexibility index (Phi) is 3.94. The van der Waals surface area contributed by atoms with Gasteiger partial charge in [0, 0.05) is 5.02 Å². The molecule has 0 aliphatic heterocycles. The zero-order valence-corrected chi connectivity index (χ0v) is 11.1. The molecule has 10 heteroatoms. The lowest BCUT2D eigenvalue weighted by Crippen LogP contribution is -2.26. The number of nitrogens with one attached hydrogen (secondary N) is 1. The van der Waals surface area contributed by atoms with Gasteiger partial charge in [0.15, 0.2) is 5.69 Å². The molecule has 0 spiro atoms. The van der Waals surface area contributed by atoms with Gasteiger partial charge in [-0.05, 0) is 17.7 Å². The van der Waals surface area contributed by atoms with E-state index in [1.807, 2.05) is 0 Å². The molecule has 1 N–H and O–H groups in total. The molecule has 0 saturated carbocycles. The van der Waals surface area contributed by atoms with Crippen LogP contribution in [0.2, 0.25) is 5.02 Å². The third kappa shape index (κ3) is 3.24. The summed E-state index contributed by atoms with van der Waals surface area (Å²) in [6.45, 7) is 0. The van der Waals surface area contributed by atoms with Gasteiger partial charge in [0.25, 0.3) is 5.56 Å². The largest absolute Gasteiger partial charge is 0.449 e. The number of alkyl halides is 6. The van der Waals surface area contributed by atoms with Crippen LogP contribution in [0.15, 0.2) is 29.1 Å². The molecular weight excluding hydrogens is 338 g/mol. The van der Waals surface area contributed by atoms with Gasteiger partial charge in [-0.3, -0.25) is 4.79 Å². The Hall–Kier alpha value is -2.03. The summed E-state index contributed by atoms with van der Waals surface area (Å²) in [7, 11) is 0. The van der Waals surface area contributed by atoms with Gasteiger partial charge in [-0.1, -0.05) is 23.7 Å². The van der Waals surface area contributed by atoms with Crippen molar-refractivity contribution < 1.29 is 26.3 Å². The van der Waals surface area contributed by atoms with Gasteiger partial charge in [-0.2, -0.15) is 26.3 Å². The number of aromatic amines is 1. The molecule has 0 amide bonds. The highest BCUT2D eigenvalue weighted by Crippen LogP contribution is 2.36. The quantitative estimate of drug-likeness (QED) is 0.792. The monoisotopic (exact) mass is 342 g/mol. The number of benzene rings is 1. The molecule has 2 rings (SSSR count). The smallest absolute Gasteiger partial charge is 0.302 e. The number of hydrogen-bond acceptors (Lipinski definition) is 2. The lowest BCUT2D eigenvalue weighted by molar-refractivity contribution is -0.152. The molecule has 22 heavy (non-hydrogen) atoms. The van der Waals surface area contributed by atoms with Crippen LogP contribution in [0.4, 0.5) is 26.3 Å². The molecule has 0 bridgehead atoms. The van der Waals surface area contributed by atoms with E-state index >= 15 is 0 Å². The van der Waals surface area contributed by atoms with Gasteiger partial charge < -0.3 is 4.98 Å². The molecule has 2 aromatic rings. The van der Waals surface area contributed by atoms with Crippen LogP contribution < -0.4 is 5.56 Å². The summed E-state index contributed by atoms with van der Waals surface area (Å²) in [4.78, 5) is 15.6. The van der Waals surface area contributed by atoms with Crippen LogP contribution in [0.5, 0.6) is 0 Å². The van der Waals surface area contributed by atoms with E-state index in [9.17, 15) is 31.1 Å². The molecule has 0 radical (unpaired) electrons. The van der Waals surface area contributed by atoms with Crippen molar-refractivity contribution in [2.24, 2.45) is 0 Å². The fraction of sp³-hybridized carbons (Fsp3) is 0.167. The molecule has 0 fully saturated rings. The Morgan fingerprint density at radius 1 is 0.955 bits per heavy atom. The molecule has 1 aromatic carbocycles. The first-order valence-electron chi connectivity index (χ1n) is 5.55. The fourth-order valence-electron chi connectivity index (χ4n) is 1.70. The van der Waals surface area contributed by atoms with Crippen molar-refractivity contribution in [2.75, 3.05) is 0 Å². The first-order chi connectivity index (χ1) is 10.00. The van der Waals surface area contributed by atoms with Crippen LogP contribution in [-0.4, -0.2) is 9.97 Å². The van der Waals surface area contributed by atoms with E-state index in [0.29, 0.717) is 0 Å². The number of aromatic nitrogens is 2. The molecule has 3 nitrogen and oxygen atoms in total. The van der Waals surface area contributed by atoms with Gasteiger partial charge >= 0.3 is 12.4 Å². The van der Waals surface area contributed by atoms with E-state index in [-0.39, 0.29) is 10.6 Å². The van der Waals surface area contributed by atoms with Crippen LogP contribution in [0.3, 0.4) is 0 Å².